The molecule has 0 aromatic carbocycles. The van der Waals surface area contributed by atoms with Gasteiger partial charge in [0.15, 0.2) is 0 Å². The summed E-state index contributed by atoms with van der Waals surface area (Å²) in [5.74, 6) is -1.92. The highest BCUT2D eigenvalue weighted by molar-refractivity contribution is 7.47. The summed E-state index contributed by atoms with van der Waals surface area (Å²) in [5.41, 5.74) is 5.34. The Morgan fingerprint density at radius 2 is 1.02 bits per heavy atom. The van der Waals surface area contributed by atoms with E-state index in [0.717, 1.165) is 51.4 Å². The van der Waals surface area contributed by atoms with Crippen LogP contribution < -0.4 is 5.73 Å². The number of esters is 1. The number of rotatable bonds is 40. The lowest BCUT2D eigenvalue weighted by molar-refractivity contribution is -0.153. The van der Waals surface area contributed by atoms with E-state index in [2.05, 4.69) is 80.7 Å². The molecule has 0 heterocycles. The molecule has 0 saturated carbocycles. The smallest absolute Gasteiger partial charge is 0.472 e. The van der Waals surface area contributed by atoms with Gasteiger partial charge in [-0.1, -0.05) is 163 Å². The van der Waals surface area contributed by atoms with Gasteiger partial charge in [-0.05, 0) is 70.6 Å². The second-order valence-electron chi connectivity index (χ2n) is 14.1. The molecule has 57 heavy (non-hydrogen) atoms. The Bertz CT molecular complexity index is 1220. The summed E-state index contributed by atoms with van der Waals surface area (Å²) in [5, 5.41) is 8.89. The van der Waals surface area contributed by atoms with Crippen molar-refractivity contribution in [1.82, 2.24) is 0 Å². The quantitative estimate of drug-likeness (QED) is 0.0235. The first-order valence-corrected chi connectivity index (χ1v) is 23.1. The first kappa shape index (κ1) is 54.2. The molecule has 0 aliphatic carbocycles. The largest absolute Gasteiger partial charge is 0.480 e. The van der Waals surface area contributed by atoms with E-state index in [-0.39, 0.29) is 13.0 Å². The molecule has 326 valence electrons. The third-order valence-corrected chi connectivity index (χ3v) is 9.64. The molecule has 10 nitrogen and oxygen atoms in total. The maximum Gasteiger partial charge on any atom is 0.472 e. The number of hydrogen-bond acceptors (Lipinski definition) is 8. The lowest BCUT2D eigenvalue weighted by Gasteiger charge is -2.20. The average Bonchev–Trinajstić information content (AvgIpc) is 3.19. The zero-order valence-electron chi connectivity index (χ0n) is 35.4. The van der Waals surface area contributed by atoms with E-state index >= 15 is 0 Å². The molecular weight excluding hydrogens is 741 g/mol. The molecule has 0 bridgehead atoms. The number of ether oxygens (including phenoxy) is 2. The van der Waals surface area contributed by atoms with Crippen LogP contribution in [0.3, 0.4) is 0 Å². The molecule has 3 atom stereocenters. The van der Waals surface area contributed by atoms with E-state index in [1.54, 1.807) is 6.08 Å². The number of nitrogens with two attached hydrogens (primary N) is 1. The Labute approximate surface area is 346 Å². The summed E-state index contributed by atoms with van der Waals surface area (Å²) in [6.45, 7) is 3.59. The van der Waals surface area contributed by atoms with Crippen LogP contribution in [0, 0.1) is 0 Å². The molecular formula is C46H78NO9P. The van der Waals surface area contributed by atoms with Gasteiger partial charge in [0.05, 0.1) is 26.2 Å². The monoisotopic (exact) mass is 820 g/mol. The van der Waals surface area contributed by atoms with E-state index in [1.165, 1.54) is 77.0 Å². The summed E-state index contributed by atoms with van der Waals surface area (Å²) in [6, 6.07) is -1.49. The third-order valence-electron chi connectivity index (χ3n) is 8.69. The van der Waals surface area contributed by atoms with Gasteiger partial charge in [-0.15, -0.1) is 0 Å². The van der Waals surface area contributed by atoms with Crippen molar-refractivity contribution in [2.45, 2.75) is 167 Å². The number of aliphatic carboxylic acids is 1. The maximum atomic E-state index is 12.6. The Balaban J connectivity index is 4.35. The first-order chi connectivity index (χ1) is 27.7. The number of unbranched alkanes of at least 4 members (excludes halogenated alkanes) is 13. The van der Waals surface area contributed by atoms with E-state index in [4.69, 9.17) is 29.4 Å². The van der Waals surface area contributed by atoms with Gasteiger partial charge in [0, 0.05) is 6.61 Å². The topological polar surface area (TPSA) is 155 Å². The lowest BCUT2D eigenvalue weighted by atomic mass is 10.1. The van der Waals surface area contributed by atoms with E-state index < -0.39 is 45.1 Å². The number of hydrogen-bond donors (Lipinski definition) is 3. The minimum Gasteiger partial charge on any atom is -0.480 e. The van der Waals surface area contributed by atoms with Crippen LogP contribution in [0.2, 0.25) is 0 Å². The van der Waals surface area contributed by atoms with Crippen LogP contribution in [0.25, 0.3) is 0 Å². The second-order valence-corrected chi connectivity index (χ2v) is 15.6. The van der Waals surface area contributed by atoms with Crippen molar-refractivity contribution < 1.29 is 42.7 Å². The van der Waals surface area contributed by atoms with Crippen molar-refractivity contribution in [2.75, 3.05) is 26.4 Å². The zero-order chi connectivity index (χ0) is 41.9. The summed E-state index contributed by atoms with van der Waals surface area (Å²) in [7, 11) is -4.65. The standard InChI is InChI=1S/C46H78NO9P/c1-3-5-7-9-11-13-15-17-19-20-21-22-23-25-27-29-31-33-35-37-39-53-40-43(41-54-57(51,52)55-42-44(47)46(49)50)56-45(48)38-36-34-32-30-28-26-24-18-16-14-12-10-8-6-4-2/h6,8,11-14,17-19,24,28,30,34,36,43-44H,3-5,7,9-10,15-16,20-23,25-27,29,31-33,35,37-42,47H2,1-2H3,(H,49,50)(H,51,52)/b8-6-,13-11-,14-12-,19-17-,24-18-,30-28-,36-34-. The molecule has 0 aliphatic rings. The lowest BCUT2D eigenvalue weighted by Crippen LogP contribution is -2.34. The van der Waals surface area contributed by atoms with Gasteiger partial charge < -0.3 is 25.2 Å². The van der Waals surface area contributed by atoms with Crippen molar-refractivity contribution in [3.05, 3.63) is 85.1 Å². The fourth-order valence-corrected chi connectivity index (χ4v) is 6.13. The van der Waals surface area contributed by atoms with Gasteiger partial charge in [-0.25, -0.2) is 4.57 Å². The zero-order valence-corrected chi connectivity index (χ0v) is 36.3. The molecule has 11 heteroatoms. The molecule has 0 aromatic heterocycles. The minimum absolute atomic E-state index is 0.0134. The Morgan fingerprint density at radius 1 is 0.579 bits per heavy atom. The molecule has 0 saturated heterocycles. The third kappa shape index (κ3) is 41.1. The predicted molar refractivity (Wildman–Crippen MR) is 235 cm³/mol. The average molecular weight is 820 g/mol. The fraction of sp³-hybridized carbons (Fsp3) is 0.652. The fourth-order valence-electron chi connectivity index (χ4n) is 5.36. The number of carbonyl (C=O) groups excluding carboxylic acids is 1. The van der Waals surface area contributed by atoms with Crippen LogP contribution in [-0.2, 0) is 32.7 Å². The van der Waals surface area contributed by atoms with E-state index in [1.807, 2.05) is 12.2 Å². The Kier molecular flexibility index (Phi) is 39.2. The van der Waals surface area contributed by atoms with Crippen molar-refractivity contribution in [3.63, 3.8) is 0 Å². The second kappa shape index (κ2) is 41.3. The number of allylic oxidation sites excluding steroid dienone is 13. The van der Waals surface area contributed by atoms with Crippen molar-refractivity contribution >= 4 is 19.8 Å². The van der Waals surface area contributed by atoms with Crippen molar-refractivity contribution in [3.8, 4) is 0 Å². The van der Waals surface area contributed by atoms with Gasteiger partial charge in [0.2, 0.25) is 0 Å². The van der Waals surface area contributed by atoms with Crippen LogP contribution in [0.15, 0.2) is 85.1 Å². The van der Waals surface area contributed by atoms with Crippen LogP contribution in [0.5, 0.6) is 0 Å². The van der Waals surface area contributed by atoms with Gasteiger partial charge in [0.25, 0.3) is 0 Å². The predicted octanol–water partition coefficient (Wildman–Crippen LogP) is 12.0. The van der Waals surface area contributed by atoms with Crippen LogP contribution in [0.4, 0.5) is 0 Å². The molecule has 4 N–H and O–H groups in total. The molecule has 3 unspecified atom stereocenters. The van der Waals surface area contributed by atoms with Crippen LogP contribution >= 0.6 is 7.82 Å². The molecule has 0 amide bonds. The molecule has 0 radical (unpaired) electrons. The van der Waals surface area contributed by atoms with Crippen molar-refractivity contribution in [2.24, 2.45) is 5.73 Å². The minimum atomic E-state index is -4.65. The van der Waals surface area contributed by atoms with Gasteiger partial charge >= 0.3 is 19.8 Å². The molecule has 0 spiro atoms. The molecule has 0 fully saturated rings. The van der Waals surface area contributed by atoms with Crippen LogP contribution in [-0.4, -0.2) is 60.5 Å². The molecule has 0 aromatic rings. The highest BCUT2D eigenvalue weighted by Gasteiger charge is 2.27. The number of phosphoric acid groups is 1. The Hall–Kier alpha value is -2.85. The van der Waals surface area contributed by atoms with E-state index in [9.17, 15) is 19.0 Å². The van der Waals surface area contributed by atoms with Gasteiger partial charge in [0.1, 0.15) is 12.1 Å². The number of carbonyl (C=O) groups is 2. The highest BCUT2D eigenvalue weighted by Crippen LogP contribution is 2.43. The normalized spacial score (nSPS) is 14.7. The van der Waals surface area contributed by atoms with Gasteiger partial charge in [-0.3, -0.25) is 18.6 Å². The summed E-state index contributed by atoms with van der Waals surface area (Å²) < 4.78 is 33.2. The maximum absolute atomic E-state index is 12.6. The van der Waals surface area contributed by atoms with E-state index in [0.29, 0.717) is 13.0 Å². The van der Waals surface area contributed by atoms with Gasteiger partial charge in [-0.2, -0.15) is 0 Å². The van der Waals surface area contributed by atoms with Crippen LogP contribution in [0.1, 0.15) is 155 Å². The molecule has 0 rings (SSSR count). The van der Waals surface area contributed by atoms with Crippen molar-refractivity contribution in [1.29, 1.82) is 0 Å². The number of phosphoric ester groups is 1. The highest BCUT2D eigenvalue weighted by atomic mass is 31.2. The summed E-state index contributed by atoms with van der Waals surface area (Å²) >= 11 is 0. The molecule has 0 aliphatic heterocycles. The number of carboxylic acid groups (broad SMARTS) is 1. The SMILES string of the molecule is CC/C=C\C/C=C\C/C=C\C/C=C\C/C=C\CC(=O)OC(COCCCCCCCCCCCC/C=C\C/C=C\CCCCC)COP(=O)(O)OCC(N)C(=O)O. The number of carboxylic acids is 1. The first-order valence-electron chi connectivity index (χ1n) is 21.6. The summed E-state index contributed by atoms with van der Waals surface area (Å²) in [6.07, 6.45) is 52.4. The summed E-state index contributed by atoms with van der Waals surface area (Å²) in [4.78, 5) is 33.4. The Morgan fingerprint density at radius 3 is 1.53 bits per heavy atom.